The van der Waals surface area contributed by atoms with Gasteiger partial charge < -0.3 is 10.1 Å². The summed E-state index contributed by atoms with van der Waals surface area (Å²) in [5, 5.41) is 3.67. The summed E-state index contributed by atoms with van der Waals surface area (Å²) in [5.41, 5.74) is 1.31. The van der Waals surface area contributed by atoms with Crippen LogP contribution >= 0.6 is 15.9 Å². The lowest BCUT2D eigenvalue weighted by Gasteiger charge is -2.27. The van der Waals surface area contributed by atoms with Crippen molar-refractivity contribution in [2.24, 2.45) is 5.92 Å². The SMILES string of the molecule is COc1ccc(CNC2CCCC(C)C2)cc1Br. The maximum Gasteiger partial charge on any atom is 0.133 e. The highest BCUT2D eigenvalue weighted by Crippen LogP contribution is 2.26. The molecule has 0 radical (unpaired) electrons. The average molecular weight is 312 g/mol. The number of halogens is 1. The van der Waals surface area contributed by atoms with Crippen LogP contribution in [0.4, 0.5) is 0 Å². The maximum absolute atomic E-state index is 5.24. The van der Waals surface area contributed by atoms with E-state index in [1.165, 1.54) is 31.2 Å². The van der Waals surface area contributed by atoms with Gasteiger partial charge in [0.15, 0.2) is 0 Å². The summed E-state index contributed by atoms with van der Waals surface area (Å²) in [6.07, 6.45) is 5.40. The van der Waals surface area contributed by atoms with Gasteiger partial charge in [0.25, 0.3) is 0 Å². The number of hydrogen-bond acceptors (Lipinski definition) is 2. The van der Waals surface area contributed by atoms with Crippen molar-refractivity contribution in [3.8, 4) is 5.75 Å². The van der Waals surface area contributed by atoms with Gasteiger partial charge in [-0.05, 0) is 52.4 Å². The summed E-state index contributed by atoms with van der Waals surface area (Å²) in [4.78, 5) is 0. The molecule has 18 heavy (non-hydrogen) atoms. The van der Waals surface area contributed by atoms with Crippen molar-refractivity contribution in [3.05, 3.63) is 28.2 Å². The minimum atomic E-state index is 0.689. The molecular weight excluding hydrogens is 290 g/mol. The molecule has 100 valence electrons. The van der Waals surface area contributed by atoms with E-state index >= 15 is 0 Å². The fourth-order valence-corrected chi connectivity index (χ4v) is 3.29. The lowest BCUT2D eigenvalue weighted by atomic mass is 9.87. The number of rotatable bonds is 4. The molecule has 2 nitrogen and oxygen atoms in total. The molecular formula is C15H22BrNO. The second kappa shape index (κ2) is 6.58. The lowest BCUT2D eigenvalue weighted by molar-refractivity contribution is 0.300. The van der Waals surface area contributed by atoms with Crippen LogP contribution in [0.15, 0.2) is 22.7 Å². The topological polar surface area (TPSA) is 21.3 Å². The zero-order chi connectivity index (χ0) is 13.0. The van der Waals surface area contributed by atoms with Gasteiger partial charge in [-0.15, -0.1) is 0 Å². The number of methoxy groups -OCH3 is 1. The van der Waals surface area contributed by atoms with Gasteiger partial charge in [0.05, 0.1) is 11.6 Å². The molecule has 0 bridgehead atoms. The van der Waals surface area contributed by atoms with Crippen molar-refractivity contribution in [3.63, 3.8) is 0 Å². The second-order valence-corrected chi connectivity index (χ2v) is 6.17. The van der Waals surface area contributed by atoms with Crippen LogP contribution in [-0.2, 0) is 6.54 Å². The number of nitrogens with one attached hydrogen (secondary N) is 1. The van der Waals surface area contributed by atoms with E-state index in [0.29, 0.717) is 6.04 Å². The van der Waals surface area contributed by atoms with E-state index in [9.17, 15) is 0 Å². The molecule has 0 aromatic heterocycles. The van der Waals surface area contributed by atoms with E-state index in [0.717, 1.165) is 22.7 Å². The normalized spacial score (nSPS) is 23.9. The molecule has 0 heterocycles. The number of benzene rings is 1. The Morgan fingerprint density at radius 3 is 2.89 bits per heavy atom. The first-order valence-corrected chi connectivity index (χ1v) is 7.54. The molecule has 2 atom stereocenters. The summed E-state index contributed by atoms with van der Waals surface area (Å²) >= 11 is 3.53. The zero-order valence-electron chi connectivity index (χ0n) is 11.2. The van der Waals surface area contributed by atoms with E-state index in [1.807, 2.05) is 6.07 Å². The average Bonchev–Trinajstić information content (AvgIpc) is 2.37. The standard InChI is InChI=1S/C15H22BrNO/c1-11-4-3-5-13(8-11)17-10-12-6-7-15(18-2)14(16)9-12/h6-7,9,11,13,17H,3-5,8,10H2,1-2H3. The molecule has 1 aromatic carbocycles. The summed E-state index contributed by atoms with van der Waals surface area (Å²) in [6, 6.07) is 6.97. The van der Waals surface area contributed by atoms with Crippen molar-refractivity contribution in [1.82, 2.24) is 5.32 Å². The van der Waals surface area contributed by atoms with Crippen molar-refractivity contribution >= 4 is 15.9 Å². The van der Waals surface area contributed by atoms with E-state index in [-0.39, 0.29) is 0 Å². The molecule has 0 spiro atoms. The third-order valence-corrected chi connectivity index (χ3v) is 4.37. The predicted octanol–water partition coefficient (Wildman–Crippen LogP) is 4.13. The molecule has 1 aliphatic rings. The lowest BCUT2D eigenvalue weighted by Crippen LogP contribution is -2.33. The first-order chi connectivity index (χ1) is 8.69. The molecule has 1 aromatic rings. The molecule has 2 unspecified atom stereocenters. The third kappa shape index (κ3) is 3.72. The van der Waals surface area contributed by atoms with Crippen LogP contribution in [-0.4, -0.2) is 13.2 Å². The Labute approximate surface area is 118 Å². The van der Waals surface area contributed by atoms with E-state index in [4.69, 9.17) is 4.74 Å². The second-order valence-electron chi connectivity index (χ2n) is 5.32. The van der Waals surface area contributed by atoms with Gasteiger partial charge >= 0.3 is 0 Å². The fourth-order valence-electron chi connectivity index (χ4n) is 2.70. The van der Waals surface area contributed by atoms with Crippen molar-refractivity contribution < 1.29 is 4.74 Å². The van der Waals surface area contributed by atoms with Gasteiger partial charge in [0, 0.05) is 12.6 Å². The molecule has 0 aliphatic heterocycles. The third-order valence-electron chi connectivity index (χ3n) is 3.75. The van der Waals surface area contributed by atoms with Crippen molar-refractivity contribution in [2.75, 3.05) is 7.11 Å². The Balaban J connectivity index is 1.88. The van der Waals surface area contributed by atoms with Crippen LogP contribution in [0.2, 0.25) is 0 Å². The molecule has 1 fully saturated rings. The van der Waals surface area contributed by atoms with Gasteiger partial charge in [0.2, 0.25) is 0 Å². The summed E-state index contributed by atoms with van der Waals surface area (Å²) in [7, 11) is 1.70. The Kier molecular flexibility index (Phi) is 5.07. The maximum atomic E-state index is 5.24. The highest BCUT2D eigenvalue weighted by Gasteiger charge is 2.18. The minimum Gasteiger partial charge on any atom is -0.496 e. The van der Waals surface area contributed by atoms with Crippen LogP contribution in [0.1, 0.15) is 38.2 Å². The Bertz CT molecular complexity index is 394. The molecule has 0 amide bonds. The van der Waals surface area contributed by atoms with Crippen molar-refractivity contribution in [1.29, 1.82) is 0 Å². The first-order valence-electron chi connectivity index (χ1n) is 6.75. The van der Waals surface area contributed by atoms with E-state index in [2.05, 4.69) is 40.3 Å². The monoisotopic (exact) mass is 311 g/mol. The quantitative estimate of drug-likeness (QED) is 0.903. The smallest absolute Gasteiger partial charge is 0.133 e. The van der Waals surface area contributed by atoms with Crippen LogP contribution in [0.25, 0.3) is 0 Å². The largest absolute Gasteiger partial charge is 0.496 e. The van der Waals surface area contributed by atoms with Crippen LogP contribution in [0, 0.1) is 5.92 Å². The van der Waals surface area contributed by atoms with Gasteiger partial charge in [0.1, 0.15) is 5.75 Å². The van der Waals surface area contributed by atoms with Gasteiger partial charge in [-0.25, -0.2) is 0 Å². The molecule has 1 N–H and O–H groups in total. The Morgan fingerprint density at radius 2 is 2.22 bits per heavy atom. The summed E-state index contributed by atoms with van der Waals surface area (Å²) < 4.78 is 6.27. The van der Waals surface area contributed by atoms with E-state index < -0.39 is 0 Å². The first kappa shape index (κ1) is 13.9. The number of ether oxygens (including phenoxy) is 1. The van der Waals surface area contributed by atoms with Gasteiger partial charge in [-0.2, -0.15) is 0 Å². The van der Waals surface area contributed by atoms with Gasteiger partial charge in [-0.1, -0.05) is 25.8 Å². The minimum absolute atomic E-state index is 0.689. The fraction of sp³-hybridized carbons (Fsp3) is 0.600. The summed E-state index contributed by atoms with van der Waals surface area (Å²) in [5.74, 6) is 1.77. The van der Waals surface area contributed by atoms with Crippen molar-refractivity contribution in [2.45, 2.75) is 45.2 Å². The predicted molar refractivity (Wildman–Crippen MR) is 79.0 cm³/mol. The summed E-state index contributed by atoms with van der Waals surface area (Å²) in [6.45, 7) is 3.30. The van der Waals surface area contributed by atoms with E-state index in [1.54, 1.807) is 7.11 Å². The molecule has 1 aliphatic carbocycles. The van der Waals surface area contributed by atoms with Gasteiger partial charge in [-0.3, -0.25) is 0 Å². The Hall–Kier alpha value is -0.540. The van der Waals surface area contributed by atoms with Crippen LogP contribution < -0.4 is 10.1 Å². The molecule has 2 rings (SSSR count). The molecule has 1 saturated carbocycles. The molecule has 3 heteroatoms. The Morgan fingerprint density at radius 1 is 1.39 bits per heavy atom. The molecule has 0 saturated heterocycles. The number of hydrogen-bond donors (Lipinski definition) is 1. The highest BCUT2D eigenvalue weighted by atomic mass is 79.9. The highest BCUT2D eigenvalue weighted by molar-refractivity contribution is 9.10. The van der Waals surface area contributed by atoms with Crippen LogP contribution in [0.3, 0.4) is 0 Å². The zero-order valence-corrected chi connectivity index (χ0v) is 12.8. The van der Waals surface area contributed by atoms with Crippen LogP contribution in [0.5, 0.6) is 5.75 Å².